The van der Waals surface area contributed by atoms with Crippen molar-refractivity contribution in [2.45, 2.75) is 69.5 Å². The maximum Gasteiger partial charge on any atom is 0.320 e. The van der Waals surface area contributed by atoms with Crippen LogP contribution in [0.15, 0.2) is 0 Å². The fourth-order valence-electron chi connectivity index (χ4n) is 5.94. The molecular formula is C18H34N4O. The molecule has 23 heavy (non-hydrogen) atoms. The molecule has 5 heteroatoms. The van der Waals surface area contributed by atoms with Gasteiger partial charge in [0.05, 0.1) is 5.54 Å². The van der Waals surface area contributed by atoms with Gasteiger partial charge in [-0.2, -0.15) is 0 Å². The summed E-state index contributed by atoms with van der Waals surface area (Å²) >= 11 is 0. The van der Waals surface area contributed by atoms with Gasteiger partial charge in [-0.05, 0) is 58.7 Å². The topological polar surface area (TPSA) is 61.6 Å². The lowest BCUT2D eigenvalue weighted by molar-refractivity contribution is -0.172. The second kappa shape index (κ2) is 5.62. The van der Waals surface area contributed by atoms with E-state index in [1.54, 1.807) is 0 Å². The van der Waals surface area contributed by atoms with Crippen LogP contribution >= 0.6 is 0 Å². The average molecular weight is 322 g/mol. The number of amides is 2. The van der Waals surface area contributed by atoms with E-state index in [0.29, 0.717) is 5.92 Å². The van der Waals surface area contributed by atoms with Crippen molar-refractivity contribution in [2.24, 2.45) is 17.1 Å². The number of urea groups is 1. The standard InChI is InChI=1S/C18H34N4O/c1-16(21(2)3)10-8-9-14(18(16)20-15(23)22(18)4)17(13-19)11-6-5-7-12-17/h14H,5-13,19H2,1-4H3,(H,20,23). The Morgan fingerprint density at radius 2 is 1.87 bits per heavy atom. The SMILES string of the molecule is CN(C)C1(C)CCCC(C2(CN)CCCCC2)C12NC(=O)N2C. The van der Waals surface area contributed by atoms with E-state index in [0.717, 1.165) is 13.0 Å². The van der Waals surface area contributed by atoms with Crippen LogP contribution in [-0.2, 0) is 0 Å². The number of nitrogens with zero attached hydrogens (tertiary/aromatic N) is 2. The molecule has 3 aliphatic rings. The molecule has 1 heterocycles. The molecule has 2 amide bonds. The molecule has 0 radical (unpaired) electrons. The summed E-state index contributed by atoms with van der Waals surface area (Å²) in [7, 11) is 6.28. The zero-order chi connectivity index (χ0) is 16.9. The van der Waals surface area contributed by atoms with Gasteiger partial charge in [-0.15, -0.1) is 0 Å². The Labute approximate surface area is 140 Å². The molecule has 5 nitrogen and oxygen atoms in total. The molecule has 132 valence electrons. The van der Waals surface area contributed by atoms with Crippen molar-refractivity contribution in [3.05, 3.63) is 0 Å². The molecule has 1 saturated heterocycles. The molecule has 2 saturated carbocycles. The van der Waals surface area contributed by atoms with Crippen LogP contribution < -0.4 is 11.1 Å². The van der Waals surface area contributed by atoms with Crippen LogP contribution in [0.4, 0.5) is 4.79 Å². The lowest BCUT2D eigenvalue weighted by Crippen LogP contribution is -2.89. The van der Waals surface area contributed by atoms with Gasteiger partial charge >= 0.3 is 6.03 Å². The Balaban J connectivity index is 2.06. The monoisotopic (exact) mass is 322 g/mol. The first-order valence-electron chi connectivity index (χ1n) is 9.27. The number of likely N-dealkylation sites (N-methyl/N-ethyl adjacent to an activating group) is 2. The summed E-state index contributed by atoms with van der Waals surface area (Å²) in [5, 5.41) is 3.38. The molecule has 3 atom stereocenters. The normalized spacial score (nSPS) is 40.2. The molecule has 0 aromatic rings. The molecule has 3 rings (SSSR count). The highest BCUT2D eigenvalue weighted by molar-refractivity contribution is 5.83. The fraction of sp³-hybridized carbons (Fsp3) is 0.944. The Bertz CT molecular complexity index is 474. The molecule has 1 spiro atoms. The van der Waals surface area contributed by atoms with Crippen molar-refractivity contribution in [3.8, 4) is 0 Å². The molecule has 2 aliphatic carbocycles. The van der Waals surface area contributed by atoms with E-state index in [-0.39, 0.29) is 22.6 Å². The molecule has 0 aromatic heterocycles. The number of rotatable bonds is 3. The molecule has 3 fully saturated rings. The summed E-state index contributed by atoms with van der Waals surface area (Å²) in [5.74, 6) is 0.434. The van der Waals surface area contributed by atoms with Crippen LogP contribution in [0.25, 0.3) is 0 Å². The summed E-state index contributed by atoms with van der Waals surface area (Å²) in [5.41, 5.74) is 6.21. The molecule has 0 aromatic carbocycles. The predicted octanol–water partition coefficient (Wildman–Crippen LogP) is 2.37. The summed E-state index contributed by atoms with van der Waals surface area (Å²) in [4.78, 5) is 16.5. The van der Waals surface area contributed by atoms with Crippen LogP contribution in [0.3, 0.4) is 0 Å². The van der Waals surface area contributed by atoms with Gasteiger partial charge in [0.1, 0.15) is 5.66 Å². The quantitative estimate of drug-likeness (QED) is 0.838. The smallest absolute Gasteiger partial charge is 0.320 e. The van der Waals surface area contributed by atoms with Gasteiger partial charge in [-0.25, -0.2) is 4.79 Å². The lowest BCUT2D eigenvalue weighted by atomic mass is 9.52. The van der Waals surface area contributed by atoms with Crippen LogP contribution in [0.5, 0.6) is 0 Å². The first-order chi connectivity index (χ1) is 10.8. The highest BCUT2D eigenvalue weighted by Crippen LogP contribution is 2.58. The number of carbonyl (C=O) groups excluding carboxylic acids is 1. The largest absolute Gasteiger partial charge is 0.330 e. The van der Waals surface area contributed by atoms with Gasteiger partial charge in [0, 0.05) is 13.0 Å². The zero-order valence-electron chi connectivity index (χ0n) is 15.3. The number of hydrogen-bond donors (Lipinski definition) is 2. The first-order valence-corrected chi connectivity index (χ1v) is 9.27. The van der Waals surface area contributed by atoms with Crippen LogP contribution in [0.1, 0.15) is 58.3 Å². The minimum Gasteiger partial charge on any atom is -0.330 e. The van der Waals surface area contributed by atoms with Crippen molar-refractivity contribution in [1.82, 2.24) is 15.1 Å². The number of nitrogens with one attached hydrogen (secondary N) is 1. The zero-order valence-corrected chi connectivity index (χ0v) is 15.3. The Kier molecular flexibility index (Phi) is 4.16. The summed E-state index contributed by atoms with van der Waals surface area (Å²) in [6.07, 6.45) is 9.81. The van der Waals surface area contributed by atoms with E-state index in [1.165, 1.54) is 44.9 Å². The molecule has 3 N–H and O–H groups in total. The van der Waals surface area contributed by atoms with Crippen molar-refractivity contribution in [3.63, 3.8) is 0 Å². The van der Waals surface area contributed by atoms with E-state index >= 15 is 0 Å². The second-order valence-electron chi connectivity index (χ2n) is 8.50. The van der Waals surface area contributed by atoms with Gasteiger partial charge in [-0.3, -0.25) is 0 Å². The number of carbonyl (C=O) groups is 1. The van der Waals surface area contributed by atoms with Crippen molar-refractivity contribution in [1.29, 1.82) is 0 Å². The van der Waals surface area contributed by atoms with E-state index in [2.05, 4.69) is 31.2 Å². The van der Waals surface area contributed by atoms with Crippen LogP contribution in [0.2, 0.25) is 0 Å². The maximum absolute atomic E-state index is 12.2. The highest BCUT2D eigenvalue weighted by Gasteiger charge is 2.69. The van der Waals surface area contributed by atoms with Gasteiger partial charge in [0.15, 0.2) is 0 Å². The van der Waals surface area contributed by atoms with Gasteiger partial charge < -0.3 is 20.9 Å². The minimum atomic E-state index is -0.275. The third-order valence-corrected chi connectivity index (χ3v) is 7.60. The summed E-state index contributed by atoms with van der Waals surface area (Å²) < 4.78 is 0. The van der Waals surface area contributed by atoms with E-state index < -0.39 is 0 Å². The molecule has 1 aliphatic heterocycles. The Morgan fingerprint density at radius 1 is 1.22 bits per heavy atom. The lowest BCUT2D eigenvalue weighted by Gasteiger charge is -2.70. The van der Waals surface area contributed by atoms with Crippen molar-refractivity contribution >= 4 is 6.03 Å². The highest BCUT2D eigenvalue weighted by atomic mass is 16.2. The van der Waals surface area contributed by atoms with Crippen LogP contribution in [-0.4, -0.2) is 54.7 Å². The number of nitrogens with two attached hydrogens (primary N) is 1. The van der Waals surface area contributed by atoms with E-state index in [4.69, 9.17) is 5.73 Å². The van der Waals surface area contributed by atoms with E-state index in [9.17, 15) is 4.79 Å². The van der Waals surface area contributed by atoms with Crippen molar-refractivity contribution in [2.75, 3.05) is 27.7 Å². The van der Waals surface area contributed by atoms with Gasteiger partial charge in [0.2, 0.25) is 0 Å². The first kappa shape index (κ1) is 17.0. The number of hydrogen-bond acceptors (Lipinski definition) is 3. The molecule has 0 bridgehead atoms. The molecule has 3 unspecified atom stereocenters. The minimum absolute atomic E-state index is 0.0573. The summed E-state index contributed by atoms with van der Waals surface area (Å²) in [6.45, 7) is 3.06. The Morgan fingerprint density at radius 3 is 2.35 bits per heavy atom. The maximum atomic E-state index is 12.2. The Hall–Kier alpha value is -0.810. The second-order valence-corrected chi connectivity index (χ2v) is 8.50. The average Bonchev–Trinajstić information content (AvgIpc) is 2.56. The van der Waals surface area contributed by atoms with E-state index in [1.807, 2.05) is 11.9 Å². The van der Waals surface area contributed by atoms with Gasteiger partial charge in [0.25, 0.3) is 0 Å². The third kappa shape index (κ3) is 2.08. The fourth-order valence-corrected chi connectivity index (χ4v) is 5.94. The predicted molar refractivity (Wildman–Crippen MR) is 93.0 cm³/mol. The van der Waals surface area contributed by atoms with Gasteiger partial charge in [-0.1, -0.05) is 25.7 Å². The summed E-state index contributed by atoms with van der Waals surface area (Å²) in [6, 6.07) is 0.0629. The van der Waals surface area contributed by atoms with Crippen molar-refractivity contribution < 1.29 is 4.79 Å². The van der Waals surface area contributed by atoms with Crippen LogP contribution in [0, 0.1) is 11.3 Å². The third-order valence-electron chi connectivity index (χ3n) is 7.60. The molecular weight excluding hydrogens is 288 g/mol.